The van der Waals surface area contributed by atoms with Crippen molar-refractivity contribution in [1.29, 1.82) is 0 Å². The molecule has 10 heteroatoms. The van der Waals surface area contributed by atoms with Crippen LogP contribution < -0.4 is 10.2 Å². The normalized spacial score (nSPS) is 19.4. The number of anilines is 1. The van der Waals surface area contributed by atoms with Gasteiger partial charge in [-0.25, -0.2) is 9.37 Å². The standard InChI is InChI=1S/C26H32Cl2FN5O2/c1-3-19-16-33(24-22(28)13-17(15-31-24)25(35)30-4-2)11-12-34(19)20-7-9-32(10-8-20)26(36)21-6-5-18(27)14-23(21)29/h5-6,13-15,19-20H,3-4,7-12,16H2,1-2H3,(H,30,35)/t19-/m0/s1. The molecule has 2 amide bonds. The number of pyridine rings is 1. The lowest BCUT2D eigenvalue weighted by Gasteiger charge is -2.47. The van der Waals surface area contributed by atoms with Crippen LogP contribution in [0.3, 0.4) is 0 Å². The molecular weight excluding hydrogens is 504 g/mol. The number of hydrogen-bond acceptors (Lipinski definition) is 5. The van der Waals surface area contributed by atoms with Crippen LogP contribution in [0, 0.1) is 5.82 Å². The first-order valence-corrected chi connectivity index (χ1v) is 13.3. The van der Waals surface area contributed by atoms with Gasteiger partial charge in [-0.05, 0) is 50.5 Å². The third-order valence-electron chi connectivity index (χ3n) is 7.10. The number of nitrogens with zero attached hydrogens (tertiary/aromatic N) is 4. The maximum Gasteiger partial charge on any atom is 0.256 e. The highest BCUT2D eigenvalue weighted by Gasteiger charge is 2.35. The summed E-state index contributed by atoms with van der Waals surface area (Å²) in [6.07, 6.45) is 4.24. The van der Waals surface area contributed by atoms with Gasteiger partial charge in [-0.15, -0.1) is 0 Å². The number of halogens is 3. The third kappa shape index (κ3) is 5.76. The van der Waals surface area contributed by atoms with E-state index in [0.29, 0.717) is 48.1 Å². The van der Waals surface area contributed by atoms with E-state index in [9.17, 15) is 14.0 Å². The van der Waals surface area contributed by atoms with E-state index in [1.165, 1.54) is 12.1 Å². The van der Waals surface area contributed by atoms with Gasteiger partial charge >= 0.3 is 0 Å². The van der Waals surface area contributed by atoms with Gasteiger partial charge in [0.1, 0.15) is 11.6 Å². The van der Waals surface area contributed by atoms with Crippen molar-refractivity contribution in [2.24, 2.45) is 0 Å². The minimum absolute atomic E-state index is 0.0699. The summed E-state index contributed by atoms with van der Waals surface area (Å²) in [7, 11) is 0. The van der Waals surface area contributed by atoms with Crippen LogP contribution >= 0.6 is 23.2 Å². The molecule has 0 spiro atoms. The molecule has 1 atom stereocenters. The second-order valence-electron chi connectivity index (χ2n) is 9.28. The zero-order valence-corrected chi connectivity index (χ0v) is 22.2. The summed E-state index contributed by atoms with van der Waals surface area (Å²) in [4.78, 5) is 35.9. The monoisotopic (exact) mass is 535 g/mol. The molecule has 2 aromatic rings. The van der Waals surface area contributed by atoms with Gasteiger partial charge in [0.05, 0.1) is 16.1 Å². The summed E-state index contributed by atoms with van der Waals surface area (Å²) in [5.74, 6) is -0.342. The van der Waals surface area contributed by atoms with E-state index in [-0.39, 0.29) is 22.4 Å². The first-order valence-electron chi connectivity index (χ1n) is 12.5. The summed E-state index contributed by atoms with van der Waals surface area (Å²) < 4.78 is 14.2. The molecule has 0 unspecified atom stereocenters. The fourth-order valence-electron chi connectivity index (χ4n) is 5.19. The van der Waals surface area contributed by atoms with Crippen LogP contribution in [0.2, 0.25) is 10.0 Å². The minimum Gasteiger partial charge on any atom is -0.353 e. The Labute approximate surface area is 221 Å². The Bertz CT molecular complexity index is 1110. The van der Waals surface area contributed by atoms with Gasteiger partial charge in [-0.2, -0.15) is 0 Å². The predicted octanol–water partition coefficient (Wildman–Crippen LogP) is 4.48. The predicted molar refractivity (Wildman–Crippen MR) is 141 cm³/mol. The zero-order chi connectivity index (χ0) is 25.8. The summed E-state index contributed by atoms with van der Waals surface area (Å²) in [5, 5.41) is 3.52. The highest BCUT2D eigenvalue weighted by molar-refractivity contribution is 6.33. The highest BCUT2D eigenvalue weighted by atomic mass is 35.5. The summed E-state index contributed by atoms with van der Waals surface area (Å²) in [6, 6.07) is 6.55. The molecule has 0 bridgehead atoms. The van der Waals surface area contributed by atoms with E-state index in [2.05, 4.69) is 27.0 Å². The lowest BCUT2D eigenvalue weighted by atomic mass is 9.97. The number of rotatable bonds is 6. The Balaban J connectivity index is 1.37. The van der Waals surface area contributed by atoms with Gasteiger partial charge in [-0.1, -0.05) is 30.1 Å². The quantitative estimate of drug-likeness (QED) is 0.590. The van der Waals surface area contributed by atoms with Crippen LogP contribution in [0.5, 0.6) is 0 Å². The molecule has 3 heterocycles. The average Bonchev–Trinajstić information content (AvgIpc) is 2.88. The maximum absolute atomic E-state index is 14.2. The number of piperidine rings is 1. The lowest BCUT2D eigenvalue weighted by Crippen LogP contribution is -2.58. The molecule has 4 rings (SSSR count). The number of benzene rings is 1. The molecule has 2 aliphatic rings. The molecule has 7 nitrogen and oxygen atoms in total. The largest absolute Gasteiger partial charge is 0.353 e. The molecule has 36 heavy (non-hydrogen) atoms. The molecule has 2 saturated heterocycles. The van der Waals surface area contributed by atoms with Gasteiger partial charge in [0.15, 0.2) is 0 Å². The smallest absolute Gasteiger partial charge is 0.256 e. The maximum atomic E-state index is 14.2. The first-order chi connectivity index (χ1) is 17.3. The number of amides is 2. The Hall–Kier alpha value is -2.42. The molecule has 2 aliphatic heterocycles. The molecule has 1 N–H and O–H groups in total. The molecule has 0 aliphatic carbocycles. The van der Waals surface area contributed by atoms with Crippen molar-refractivity contribution in [3.63, 3.8) is 0 Å². The Kier molecular flexibility index (Phi) is 8.70. The first kappa shape index (κ1) is 26.6. The summed E-state index contributed by atoms with van der Waals surface area (Å²) in [6.45, 7) is 8.21. The number of piperazine rings is 1. The number of aromatic nitrogens is 1. The van der Waals surface area contributed by atoms with Crippen LogP contribution in [-0.4, -0.2) is 78.0 Å². The second-order valence-corrected chi connectivity index (χ2v) is 10.1. The molecular formula is C26H32Cl2FN5O2. The van der Waals surface area contributed by atoms with Crippen molar-refractivity contribution < 1.29 is 14.0 Å². The van der Waals surface area contributed by atoms with Gasteiger partial charge in [-0.3, -0.25) is 14.5 Å². The van der Waals surface area contributed by atoms with Crippen LogP contribution in [0.15, 0.2) is 30.5 Å². The molecule has 0 radical (unpaired) electrons. The van der Waals surface area contributed by atoms with Gasteiger partial charge < -0.3 is 15.1 Å². The lowest BCUT2D eigenvalue weighted by molar-refractivity contribution is 0.0487. The van der Waals surface area contributed by atoms with E-state index in [1.54, 1.807) is 23.2 Å². The fraction of sp³-hybridized carbons (Fsp3) is 0.500. The zero-order valence-electron chi connectivity index (χ0n) is 20.6. The van der Waals surface area contributed by atoms with Crippen LogP contribution in [0.1, 0.15) is 53.8 Å². The van der Waals surface area contributed by atoms with Crippen LogP contribution in [0.25, 0.3) is 0 Å². The van der Waals surface area contributed by atoms with E-state index in [0.717, 1.165) is 38.9 Å². The van der Waals surface area contributed by atoms with Gasteiger partial charge in [0, 0.05) is 62.6 Å². The van der Waals surface area contributed by atoms with Crippen molar-refractivity contribution in [3.8, 4) is 0 Å². The minimum atomic E-state index is -0.580. The summed E-state index contributed by atoms with van der Waals surface area (Å²) in [5.41, 5.74) is 0.525. The highest BCUT2D eigenvalue weighted by Crippen LogP contribution is 2.30. The SMILES string of the molecule is CCNC(=O)c1cnc(N2CCN(C3CCN(C(=O)c4ccc(Cl)cc4F)CC3)[C@@H](CC)C2)c(Cl)c1. The summed E-state index contributed by atoms with van der Waals surface area (Å²) >= 11 is 12.4. The molecule has 194 valence electrons. The van der Waals surface area contributed by atoms with Gasteiger partial charge in [0.2, 0.25) is 0 Å². The number of hydrogen-bond donors (Lipinski definition) is 1. The van der Waals surface area contributed by atoms with Crippen molar-refractivity contribution in [1.82, 2.24) is 20.1 Å². The van der Waals surface area contributed by atoms with E-state index >= 15 is 0 Å². The van der Waals surface area contributed by atoms with E-state index in [1.807, 2.05) is 6.92 Å². The molecule has 2 fully saturated rings. The van der Waals surface area contributed by atoms with Crippen molar-refractivity contribution in [3.05, 3.63) is 57.5 Å². The fourth-order valence-corrected chi connectivity index (χ4v) is 5.63. The van der Waals surface area contributed by atoms with E-state index in [4.69, 9.17) is 23.2 Å². The molecule has 0 saturated carbocycles. The van der Waals surface area contributed by atoms with Gasteiger partial charge in [0.25, 0.3) is 11.8 Å². The van der Waals surface area contributed by atoms with E-state index < -0.39 is 5.82 Å². The van der Waals surface area contributed by atoms with Crippen molar-refractivity contribution >= 4 is 40.8 Å². The number of likely N-dealkylation sites (tertiary alicyclic amines) is 1. The Morgan fingerprint density at radius 3 is 2.50 bits per heavy atom. The molecule has 1 aromatic heterocycles. The van der Waals surface area contributed by atoms with Crippen molar-refractivity contribution in [2.45, 2.75) is 45.2 Å². The Morgan fingerprint density at radius 1 is 1.11 bits per heavy atom. The third-order valence-corrected chi connectivity index (χ3v) is 7.62. The number of carbonyl (C=O) groups is 2. The van der Waals surface area contributed by atoms with Crippen LogP contribution in [-0.2, 0) is 0 Å². The van der Waals surface area contributed by atoms with Crippen LogP contribution in [0.4, 0.5) is 10.2 Å². The second kappa shape index (κ2) is 11.8. The van der Waals surface area contributed by atoms with Crippen molar-refractivity contribution in [2.75, 3.05) is 44.2 Å². The Morgan fingerprint density at radius 2 is 1.86 bits per heavy atom. The molecule has 1 aromatic carbocycles. The number of nitrogens with one attached hydrogen (secondary N) is 1. The number of carbonyl (C=O) groups excluding carboxylic acids is 2. The average molecular weight is 536 g/mol. The topological polar surface area (TPSA) is 68.8 Å².